The highest BCUT2D eigenvalue weighted by Gasteiger charge is 2.13. The zero-order chi connectivity index (χ0) is 25.5. The number of amides is 1. The lowest BCUT2D eigenvalue weighted by molar-refractivity contribution is 0.100. The molecule has 6 heteroatoms. The van der Waals surface area contributed by atoms with Crippen molar-refractivity contribution < 1.29 is 14.3 Å². The summed E-state index contributed by atoms with van der Waals surface area (Å²) in [5.74, 6) is 0.797. The molecule has 0 heterocycles. The van der Waals surface area contributed by atoms with E-state index in [-0.39, 0.29) is 0 Å². The van der Waals surface area contributed by atoms with E-state index in [1.807, 2.05) is 78.9 Å². The summed E-state index contributed by atoms with van der Waals surface area (Å²) in [6.45, 7) is 0.493. The summed E-state index contributed by atoms with van der Waals surface area (Å²) >= 11 is 0. The first-order valence-corrected chi connectivity index (χ1v) is 11.5. The number of benzene rings is 4. The molecule has 0 aliphatic rings. The highest BCUT2D eigenvalue weighted by molar-refractivity contribution is 5.95. The topological polar surface area (TPSA) is 99.6 Å². The number of nitrogens with one attached hydrogen (secondary N) is 1. The molecule has 4 aromatic rings. The molecule has 36 heavy (non-hydrogen) atoms. The van der Waals surface area contributed by atoms with Crippen molar-refractivity contribution in [2.24, 2.45) is 5.73 Å². The van der Waals surface area contributed by atoms with Crippen molar-refractivity contribution in [1.82, 2.24) is 0 Å². The zero-order valence-corrected chi connectivity index (χ0v) is 20.3. The molecule has 0 aliphatic carbocycles. The van der Waals surface area contributed by atoms with Crippen LogP contribution in [0.5, 0.6) is 11.5 Å². The number of rotatable bonds is 9. The second-order valence-corrected chi connectivity index (χ2v) is 8.25. The number of carbonyl (C=O) groups excluding carboxylic acids is 1. The van der Waals surface area contributed by atoms with Gasteiger partial charge in [0.15, 0.2) is 11.5 Å². The van der Waals surface area contributed by atoms with Gasteiger partial charge in [-0.25, -0.2) is 0 Å². The Hall–Kier alpha value is -4.71. The number of anilines is 2. The molecular weight excluding hydrogens is 450 g/mol. The number of hydrogen-bond acceptors (Lipinski definition) is 5. The van der Waals surface area contributed by atoms with Gasteiger partial charge in [-0.3, -0.25) is 4.79 Å². The van der Waals surface area contributed by atoms with Crippen LogP contribution >= 0.6 is 0 Å². The maximum atomic E-state index is 12.0. The molecule has 0 spiro atoms. The van der Waals surface area contributed by atoms with Crippen LogP contribution in [0.4, 0.5) is 11.4 Å². The van der Waals surface area contributed by atoms with Gasteiger partial charge in [-0.15, -0.1) is 0 Å². The molecule has 0 bridgehead atoms. The van der Waals surface area contributed by atoms with Crippen molar-refractivity contribution in [2.45, 2.75) is 6.54 Å². The Bertz CT molecular complexity index is 1400. The van der Waals surface area contributed by atoms with E-state index in [0.717, 1.165) is 33.5 Å². The van der Waals surface area contributed by atoms with Crippen LogP contribution in [-0.4, -0.2) is 20.1 Å². The van der Waals surface area contributed by atoms with Gasteiger partial charge in [0, 0.05) is 35.1 Å². The summed E-state index contributed by atoms with van der Waals surface area (Å²) in [5, 5.41) is 3.42. The van der Waals surface area contributed by atoms with Gasteiger partial charge in [-0.05, 0) is 58.7 Å². The molecule has 6 nitrogen and oxygen atoms in total. The number of carbonyl (C=O) groups is 1. The maximum Gasteiger partial charge on any atom is 0.248 e. The minimum atomic E-state index is -0.491. The van der Waals surface area contributed by atoms with Crippen LogP contribution in [0.1, 0.15) is 27.0 Å². The van der Waals surface area contributed by atoms with Crippen LogP contribution in [-0.2, 0) is 6.54 Å². The molecule has 182 valence electrons. The molecule has 0 saturated heterocycles. The molecule has 5 N–H and O–H groups in total. The molecule has 0 radical (unpaired) electrons. The van der Waals surface area contributed by atoms with Gasteiger partial charge in [0.2, 0.25) is 5.91 Å². The largest absolute Gasteiger partial charge is 0.493 e. The lowest BCUT2D eigenvalue weighted by Crippen LogP contribution is -2.12. The summed E-state index contributed by atoms with van der Waals surface area (Å²) in [5.41, 5.74) is 18.6. The van der Waals surface area contributed by atoms with E-state index < -0.39 is 5.91 Å². The third-order valence-electron chi connectivity index (χ3n) is 5.90. The average molecular weight is 480 g/mol. The van der Waals surface area contributed by atoms with Gasteiger partial charge in [0.05, 0.1) is 14.2 Å². The van der Waals surface area contributed by atoms with Gasteiger partial charge < -0.3 is 26.3 Å². The van der Waals surface area contributed by atoms with Crippen molar-refractivity contribution in [3.63, 3.8) is 0 Å². The Morgan fingerprint density at radius 1 is 0.806 bits per heavy atom. The van der Waals surface area contributed by atoms with Crippen LogP contribution in [0, 0.1) is 0 Å². The molecule has 4 rings (SSSR count). The van der Waals surface area contributed by atoms with Crippen LogP contribution in [0.2, 0.25) is 0 Å². The summed E-state index contributed by atoms with van der Waals surface area (Å²) in [7, 11) is 3.20. The Morgan fingerprint density at radius 3 is 2.28 bits per heavy atom. The van der Waals surface area contributed by atoms with Crippen molar-refractivity contribution in [2.75, 3.05) is 25.3 Å². The van der Waals surface area contributed by atoms with E-state index in [0.29, 0.717) is 29.3 Å². The quantitative estimate of drug-likeness (QED) is 0.207. The van der Waals surface area contributed by atoms with Gasteiger partial charge in [-0.2, -0.15) is 0 Å². The fraction of sp³-hybridized carbons (Fsp3) is 0.100. The smallest absolute Gasteiger partial charge is 0.248 e. The Balaban J connectivity index is 1.68. The summed E-state index contributed by atoms with van der Waals surface area (Å²) < 4.78 is 10.7. The predicted molar refractivity (Wildman–Crippen MR) is 147 cm³/mol. The molecule has 4 aromatic carbocycles. The Morgan fingerprint density at radius 2 is 1.56 bits per heavy atom. The first kappa shape index (κ1) is 24.4. The van der Waals surface area contributed by atoms with Gasteiger partial charge in [-0.1, -0.05) is 54.6 Å². The van der Waals surface area contributed by atoms with Crippen molar-refractivity contribution in [3.8, 4) is 22.6 Å². The predicted octanol–water partition coefficient (Wildman–Crippen LogP) is 5.83. The first-order chi connectivity index (χ1) is 17.5. The Labute approximate surface area is 211 Å². The molecular formula is C30H29N3O3. The van der Waals surface area contributed by atoms with Crippen LogP contribution < -0.4 is 26.3 Å². The number of hydrogen-bond donors (Lipinski definition) is 3. The molecule has 0 unspecified atom stereocenters. The van der Waals surface area contributed by atoms with Crippen LogP contribution in [0.25, 0.3) is 23.3 Å². The highest BCUT2D eigenvalue weighted by Crippen LogP contribution is 2.33. The van der Waals surface area contributed by atoms with Gasteiger partial charge in [0.1, 0.15) is 0 Å². The molecule has 0 saturated carbocycles. The van der Waals surface area contributed by atoms with E-state index in [1.54, 1.807) is 26.4 Å². The van der Waals surface area contributed by atoms with Gasteiger partial charge >= 0.3 is 0 Å². The molecule has 0 aliphatic heterocycles. The van der Waals surface area contributed by atoms with Gasteiger partial charge in [0.25, 0.3) is 0 Å². The Kier molecular flexibility index (Phi) is 7.56. The molecule has 0 fully saturated rings. The monoisotopic (exact) mass is 479 g/mol. The highest BCUT2D eigenvalue weighted by atomic mass is 16.5. The normalized spacial score (nSPS) is 10.8. The van der Waals surface area contributed by atoms with E-state index in [2.05, 4.69) is 11.4 Å². The number of methoxy groups -OCH3 is 2. The maximum absolute atomic E-state index is 12.0. The van der Waals surface area contributed by atoms with Crippen molar-refractivity contribution in [3.05, 3.63) is 107 Å². The molecule has 1 amide bonds. The van der Waals surface area contributed by atoms with Crippen LogP contribution in [0.15, 0.2) is 84.9 Å². The third-order valence-corrected chi connectivity index (χ3v) is 5.90. The second kappa shape index (κ2) is 11.1. The third kappa shape index (κ3) is 5.67. The minimum absolute atomic E-state index is 0.421. The standard InChI is InChI=1S/C30H29N3O3/c1-35-28-15-13-24(18-29(28)36-2)33-19-23-12-11-22(30(32)34)17-25(23)26-16-21(10-14-27(26)31)9-8-20-6-4-3-5-7-20/h3-18,33H,19,31H2,1-2H3,(H2,32,34)/b9-8+. The van der Waals surface area contributed by atoms with E-state index >= 15 is 0 Å². The number of nitrogen functional groups attached to an aromatic ring is 1. The molecule has 0 aromatic heterocycles. The number of nitrogens with two attached hydrogens (primary N) is 2. The number of primary amides is 1. The summed E-state index contributed by atoms with van der Waals surface area (Å²) in [6.07, 6.45) is 4.09. The van der Waals surface area contributed by atoms with E-state index in [1.165, 1.54) is 0 Å². The zero-order valence-electron chi connectivity index (χ0n) is 20.3. The van der Waals surface area contributed by atoms with E-state index in [4.69, 9.17) is 20.9 Å². The minimum Gasteiger partial charge on any atom is -0.493 e. The fourth-order valence-electron chi connectivity index (χ4n) is 3.95. The lowest BCUT2D eigenvalue weighted by atomic mass is 9.94. The summed E-state index contributed by atoms with van der Waals surface area (Å²) in [6, 6.07) is 27.0. The van der Waals surface area contributed by atoms with E-state index in [9.17, 15) is 4.79 Å². The lowest BCUT2D eigenvalue weighted by Gasteiger charge is -2.16. The second-order valence-electron chi connectivity index (χ2n) is 8.25. The average Bonchev–Trinajstić information content (AvgIpc) is 2.91. The SMILES string of the molecule is COc1ccc(NCc2ccc(C(N)=O)cc2-c2cc(/C=C/c3ccccc3)ccc2N)cc1OC. The number of ether oxygens (including phenoxy) is 2. The van der Waals surface area contributed by atoms with Crippen LogP contribution in [0.3, 0.4) is 0 Å². The summed E-state index contributed by atoms with van der Waals surface area (Å²) in [4.78, 5) is 12.0. The van der Waals surface area contributed by atoms with Crippen molar-refractivity contribution in [1.29, 1.82) is 0 Å². The molecule has 0 atom stereocenters. The fourth-order valence-corrected chi connectivity index (χ4v) is 3.95. The first-order valence-electron chi connectivity index (χ1n) is 11.5. The van der Waals surface area contributed by atoms with Crippen molar-refractivity contribution >= 4 is 29.4 Å².